The van der Waals surface area contributed by atoms with E-state index in [4.69, 9.17) is 9.15 Å². The van der Waals surface area contributed by atoms with Gasteiger partial charge in [-0.1, -0.05) is 0 Å². The van der Waals surface area contributed by atoms with Gasteiger partial charge in [0, 0.05) is 19.0 Å². The highest BCUT2D eigenvalue weighted by atomic mass is 16.6. The minimum atomic E-state index is -0.392. The fraction of sp³-hybridized carbons (Fsp3) is 0.538. The summed E-state index contributed by atoms with van der Waals surface area (Å²) in [4.78, 5) is 21.5. The van der Waals surface area contributed by atoms with Crippen LogP contribution in [0, 0.1) is 10.1 Å². The predicted molar refractivity (Wildman–Crippen MR) is 73.5 cm³/mol. The molecule has 0 spiro atoms. The minimum absolute atomic E-state index is 0.0367. The van der Waals surface area contributed by atoms with Crippen LogP contribution in [0.25, 0.3) is 11.2 Å². The second-order valence-corrected chi connectivity index (χ2v) is 5.34. The highest BCUT2D eigenvalue weighted by Gasteiger charge is 2.34. The minimum Gasteiger partial charge on any atom is -0.421 e. The molecule has 0 unspecified atom stereocenters. The fourth-order valence-corrected chi connectivity index (χ4v) is 2.55. The Labute approximate surface area is 119 Å². The van der Waals surface area contributed by atoms with E-state index in [-0.39, 0.29) is 11.6 Å². The lowest BCUT2D eigenvalue weighted by atomic mass is 10.2. The second kappa shape index (κ2) is 4.66. The van der Waals surface area contributed by atoms with E-state index in [0.717, 1.165) is 12.8 Å². The third-order valence-electron chi connectivity index (χ3n) is 3.82. The third-order valence-corrected chi connectivity index (χ3v) is 3.82. The van der Waals surface area contributed by atoms with Gasteiger partial charge in [0.15, 0.2) is 5.58 Å². The van der Waals surface area contributed by atoms with Crippen molar-refractivity contribution in [2.24, 2.45) is 0 Å². The molecule has 0 amide bonds. The first kappa shape index (κ1) is 12.5. The van der Waals surface area contributed by atoms with Crippen LogP contribution in [0.4, 0.5) is 11.7 Å². The Morgan fingerprint density at radius 1 is 1.29 bits per heavy atom. The van der Waals surface area contributed by atoms with Crippen LogP contribution in [0.15, 0.2) is 10.5 Å². The first-order valence-corrected chi connectivity index (χ1v) is 7.01. The van der Waals surface area contributed by atoms with Gasteiger partial charge in [-0.05, 0) is 12.8 Å². The summed E-state index contributed by atoms with van der Waals surface area (Å²) in [7, 11) is 0. The van der Waals surface area contributed by atoms with Crippen molar-refractivity contribution in [3.05, 3.63) is 21.9 Å². The maximum absolute atomic E-state index is 11.2. The van der Waals surface area contributed by atoms with Crippen molar-refractivity contribution in [1.82, 2.24) is 9.97 Å². The summed E-state index contributed by atoms with van der Waals surface area (Å²) >= 11 is 0. The summed E-state index contributed by atoms with van der Waals surface area (Å²) in [5.74, 6) is 0.193. The molecule has 0 radical (unpaired) electrons. The van der Waals surface area contributed by atoms with Crippen LogP contribution in [0.5, 0.6) is 0 Å². The molecule has 0 atom stereocenters. The number of fused-ring (bicyclic) bond motifs is 1. The van der Waals surface area contributed by atoms with Crippen LogP contribution in [0.3, 0.4) is 0 Å². The van der Waals surface area contributed by atoms with Crippen LogP contribution in [-0.4, -0.2) is 41.2 Å². The van der Waals surface area contributed by atoms with Gasteiger partial charge in [-0.2, -0.15) is 4.98 Å². The average molecular weight is 290 g/mol. The van der Waals surface area contributed by atoms with Crippen molar-refractivity contribution in [3.8, 4) is 0 Å². The summed E-state index contributed by atoms with van der Waals surface area (Å²) in [6.07, 6.45) is 1.90. The van der Waals surface area contributed by atoms with Crippen molar-refractivity contribution in [3.63, 3.8) is 0 Å². The van der Waals surface area contributed by atoms with Crippen molar-refractivity contribution < 1.29 is 14.1 Å². The molecule has 4 rings (SSSR count). The van der Waals surface area contributed by atoms with Gasteiger partial charge in [0.1, 0.15) is 5.69 Å². The van der Waals surface area contributed by atoms with Gasteiger partial charge in [-0.3, -0.25) is 10.1 Å². The number of pyridine rings is 1. The molecule has 8 nitrogen and oxygen atoms in total. The topological polar surface area (TPSA) is 94.5 Å². The number of rotatable bonds is 3. The Hall–Kier alpha value is -2.22. The lowest BCUT2D eigenvalue weighted by molar-refractivity contribution is -0.385. The summed E-state index contributed by atoms with van der Waals surface area (Å²) < 4.78 is 10.9. The van der Waals surface area contributed by atoms with Gasteiger partial charge >= 0.3 is 0 Å². The lowest BCUT2D eigenvalue weighted by Gasteiger charge is -2.24. The molecule has 0 bridgehead atoms. The molecule has 0 aromatic carbocycles. The lowest BCUT2D eigenvalue weighted by Crippen LogP contribution is -2.36. The maximum Gasteiger partial charge on any atom is 0.300 e. The van der Waals surface area contributed by atoms with Gasteiger partial charge in [-0.15, -0.1) is 0 Å². The van der Waals surface area contributed by atoms with Crippen molar-refractivity contribution in [2.75, 3.05) is 31.2 Å². The van der Waals surface area contributed by atoms with Gasteiger partial charge in [0.05, 0.1) is 24.2 Å². The third kappa shape index (κ3) is 2.21. The monoisotopic (exact) mass is 290 g/mol. The van der Waals surface area contributed by atoms with E-state index in [2.05, 4.69) is 9.97 Å². The normalized spacial score (nSPS) is 19.1. The largest absolute Gasteiger partial charge is 0.421 e. The van der Waals surface area contributed by atoms with E-state index in [9.17, 15) is 10.1 Å². The van der Waals surface area contributed by atoms with Crippen LogP contribution in [-0.2, 0) is 4.74 Å². The zero-order chi connectivity index (χ0) is 14.4. The predicted octanol–water partition coefficient (Wildman–Crippen LogP) is 1.84. The Kier molecular flexibility index (Phi) is 2.78. The molecule has 1 aliphatic carbocycles. The number of anilines is 1. The molecule has 21 heavy (non-hydrogen) atoms. The number of nitrogens with zero attached hydrogens (tertiary/aromatic N) is 4. The SMILES string of the molecule is O=[N+]([O-])c1cc2oc(N3CCOCC3)nc2nc1C1CC1. The summed E-state index contributed by atoms with van der Waals surface area (Å²) in [5, 5.41) is 11.2. The molecule has 1 saturated heterocycles. The van der Waals surface area contributed by atoms with Gasteiger partial charge in [0.25, 0.3) is 11.7 Å². The number of morpholine rings is 1. The highest BCUT2D eigenvalue weighted by Crippen LogP contribution is 2.44. The zero-order valence-corrected chi connectivity index (χ0v) is 11.3. The van der Waals surface area contributed by atoms with E-state index >= 15 is 0 Å². The van der Waals surface area contributed by atoms with E-state index < -0.39 is 4.92 Å². The first-order valence-electron chi connectivity index (χ1n) is 7.01. The Balaban J connectivity index is 1.77. The molecule has 2 aromatic heterocycles. The number of nitro groups is 1. The Bertz CT molecular complexity index is 704. The van der Waals surface area contributed by atoms with E-state index in [0.29, 0.717) is 49.2 Å². The van der Waals surface area contributed by atoms with Crippen LogP contribution >= 0.6 is 0 Å². The van der Waals surface area contributed by atoms with E-state index in [1.54, 1.807) is 0 Å². The summed E-state index contributed by atoms with van der Waals surface area (Å²) in [6.45, 7) is 2.65. The summed E-state index contributed by atoms with van der Waals surface area (Å²) in [6, 6.07) is 1.91. The van der Waals surface area contributed by atoms with E-state index in [1.165, 1.54) is 6.07 Å². The first-order chi connectivity index (χ1) is 10.2. The molecule has 8 heteroatoms. The second-order valence-electron chi connectivity index (χ2n) is 5.34. The van der Waals surface area contributed by atoms with Gasteiger partial charge < -0.3 is 14.1 Å². The molecule has 2 aromatic rings. The molecule has 110 valence electrons. The molecule has 3 heterocycles. The van der Waals surface area contributed by atoms with Crippen molar-refractivity contribution in [2.45, 2.75) is 18.8 Å². The van der Waals surface area contributed by atoms with Gasteiger partial charge in [-0.25, -0.2) is 4.98 Å². The van der Waals surface area contributed by atoms with Crippen LogP contribution in [0.1, 0.15) is 24.5 Å². The quantitative estimate of drug-likeness (QED) is 0.628. The number of aromatic nitrogens is 2. The number of hydrogen-bond acceptors (Lipinski definition) is 7. The Morgan fingerprint density at radius 2 is 2.05 bits per heavy atom. The van der Waals surface area contributed by atoms with Crippen LogP contribution < -0.4 is 4.90 Å². The molecule has 2 aliphatic rings. The standard InChI is InChI=1S/C13H14N4O4/c18-17(19)9-7-10-12(14-11(9)8-1-2-8)15-13(21-10)16-3-5-20-6-4-16/h7-8H,1-6H2. The molecular weight excluding hydrogens is 276 g/mol. The molecule has 2 fully saturated rings. The zero-order valence-electron chi connectivity index (χ0n) is 11.3. The molecule has 0 N–H and O–H groups in total. The highest BCUT2D eigenvalue weighted by molar-refractivity contribution is 5.74. The maximum atomic E-state index is 11.2. The van der Waals surface area contributed by atoms with Gasteiger partial charge in [0.2, 0.25) is 5.65 Å². The average Bonchev–Trinajstić information content (AvgIpc) is 3.26. The van der Waals surface area contributed by atoms with E-state index in [1.807, 2.05) is 4.90 Å². The molecule has 1 saturated carbocycles. The number of hydrogen-bond donors (Lipinski definition) is 0. The number of oxazole rings is 1. The van der Waals surface area contributed by atoms with Crippen molar-refractivity contribution >= 4 is 22.9 Å². The fourth-order valence-electron chi connectivity index (χ4n) is 2.55. The molecular formula is C13H14N4O4. The van der Waals surface area contributed by atoms with Crippen LogP contribution in [0.2, 0.25) is 0 Å². The van der Waals surface area contributed by atoms with Crippen molar-refractivity contribution in [1.29, 1.82) is 0 Å². The summed E-state index contributed by atoms with van der Waals surface area (Å²) in [5.41, 5.74) is 1.39. The smallest absolute Gasteiger partial charge is 0.300 e. The molecule has 1 aliphatic heterocycles. The number of ether oxygens (including phenoxy) is 1. The Morgan fingerprint density at radius 3 is 2.71 bits per heavy atom.